The average Bonchev–Trinajstić information content (AvgIpc) is 3.14. The molecule has 0 saturated heterocycles. The molecule has 1 unspecified atom stereocenters. The number of aliphatic hydroxyl groups is 1. The molecular weight excluding hydrogens is 456 g/mol. The van der Waals surface area contributed by atoms with Crippen LogP contribution in [0.4, 0.5) is 8.78 Å². The molecule has 35 heavy (non-hydrogen) atoms. The van der Waals surface area contributed by atoms with Crippen molar-refractivity contribution >= 4 is 0 Å². The minimum Gasteiger partial charge on any atom is -0.435 e. The highest BCUT2D eigenvalue weighted by Crippen LogP contribution is 2.32. The average molecular weight is 486 g/mol. The van der Waals surface area contributed by atoms with Crippen LogP contribution < -0.4 is 4.74 Å². The first-order valence-corrected chi connectivity index (χ1v) is 11.1. The Bertz CT molecular complexity index is 1130. The second-order valence-corrected chi connectivity index (χ2v) is 7.89. The molecule has 3 rings (SSSR count). The summed E-state index contributed by atoms with van der Waals surface area (Å²) in [5, 5.41) is 15.0. The molecule has 0 aliphatic rings. The van der Waals surface area contributed by atoms with Gasteiger partial charge in [-0.05, 0) is 43.3 Å². The van der Waals surface area contributed by atoms with Gasteiger partial charge in [-0.15, -0.1) is 6.42 Å². The lowest BCUT2D eigenvalue weighted by atomic mass is 10.2. The zero-order chi connectivity index (χ0) is 25.2. The van der Waals surface area contributed by atoms with E-state index in [4.69, 9.17) is 20.6 Å². The third-order valence-electron chi connectivity index (χ3n) is 5.21. The van der Waals surface area contributed by atoms with Crippen molar-refractivity contribution in [1.82, 2.24) is 14.7 Å². The summed E-state index contributed by atoms with van der Waals surface area (Å²) in [5.74, 6) is 1.77. The van der Waals surface area contributed by atoms with Crippen molar-refractivity contribution in [1.29, 1.82) is 0 Å². The summed E-state index contributed by atoms with van der Waals surface area (Å²) in [6.45, 7) is 3.53. The number of methoxy groups -OCH3 is 1. The van der Waals surface area contributed by atoms with Crippen LogP contribution in [-0.4, -0.2) is 65.9 Å². The van der Waals surface area contributed by atoms with Crippen LogP contribution in [0.2, 0.25) is 0 Å². The number of hydrogen-bond acceptors (Lipinski definition) is 6. The Kier molecular flexibility index (Phi) is 9.76. The van der Waals surface area contributed by atoms with Gasteiger partial charge in [0.25, 0.3) is 0 Å². The Morgan fingerprint density at radius 3 is 2.60 bits per heavy atom. The lowest BCUT2D eigenvalue weighted by molar-refractivity contribution is 0.0205. The quantitative estimate of drug-likeness (QED) is 0.294. The van der Waals surface area contributed by atoms with Crippen molar-refractivity contribution in [3.63, 3.8) is 0 Å². The predicted octanol–water partition coefficient (Wildman–Crippen LogP) is 3.71. The van der Waals surface area contributed by atoms with Crippen LogP contribution in [0.25, 0.3) is 5.69 Å². The molecule has 0 saturated carbocycles. The highest BCUT2D eigenvalue weighted by Gasteiger charge is 2.23. The second-order valence-electron chi connectivity index (χ2n) is 7.89. The van der Waals surface area contributed by atoms with Crippen LogP contribution in [0.15, 0.2) is 48.5 Å². The van der Waals surface area contributed by atoms with E-state index in [1.54, 1.807) is 31.4 Å². The molecule has 0 bridgehead atoms. The van der Waals surface area contributed by atoms with Crippen LogP contribution in [0.5, 0.6) is 11.6 Å². The summed E-state index contributed by atoms with van der Waals surface area (Å²) >= 11 is 0. The third kappa shape index (κ3) is 7.34. The largest absolute Gasteiger partial charge is 0.435 e. The first kappa shape index (κ1) is 26.3. The van der Waals surface area contributed by atoms with E-state index < -0.39 is 11.9 Å². The number of benzene rings is 2. The van der Waals surface area contributed by atoms with Gasteiger partial charge in [-0.3, -0.25) is 4.90 Å². The second kappa shape index (κ2) is 13.0. The minimum atomic E-state index is -0.788. The van der Waals surface area contributed by atoms with Crippen LogP contribution in [0.3, 0.4) is 0 Å². The zero-order valence-electron chi connectivity index (χ0n) is 19.8. The monoisotopic (exact) mass is 485 g/mol. The van der Waals surface area contributed by atoms with Gasteiger partial charge in [-0.2, -0.15) is 5.10 Å². The van der Waals surface area contributed by atoms with E-state index in [1.807, 2.05) is 11.8 Å². The molecule has 0 fully saturated rings. The number of halogens is 2. The van der Waals surface area contributed by atoms with Gasteiger partial charge in [0.15, 0.2) is 11.6 Å². The van der Waals surface area contributed by atoms with Crippen LogP contribution in [0, 0.1) is 30.9 Å². The SMILES string of the molecule is C#CCOCC(O)CN(CCOC)Cc1c(C)nn(-c2ccc(F)cc2)c1Oc1ccccc1F. The molecule has 1 N–H and O–H groups in total. The highest BCUT2D eigenvalue weighted by atomic mass is 19.1. The number of ether oxygens (including phenoxy) is 3. The molecular formula is C26H29F2N3O4. The number of para-hydroxylation sites is 1. The number of aryl methyl sites for hydroxylation is 1. The molecule has 186 valence electrons. The molecule has 0 radical (unpaired) electrons. The lowest BCUT2D eigenvalue weighted by Crippen LogP contribution is -2.36. The van der Waals surface area contributed by atoms with Gasteiger partial charge in [-0.1, -0.05) is 18.1 Å². The van der Waals surface area contributed by atoms with E-state index >= 15 is 0 Å². The number of terminal acetylenes is 1. The van der Waals surface area contributed by atoms with Crippen LogP contribution >= 0.6 is 0 Å². The maximum atomic E-state index is 14.5. The number of rotatable bonds is 13. The molecule has 3 aromatic rings. The molecule has 7 nitrogen and oxygen atoms in total. The first-order chi connectivity index (χ1) is 16.9. The van der Waals surface area contributed by atoms with Gasteiger partial charge in [0.2, 0.25) is 5.88 Å². The number of nitrogens with zero attached hydrogens (tertiary/aromatic N) is 3. The molecule has 0 aliphatic carbocycles. The standard InChI is InChI=1S/C26H29F2N3O4/c1-4-14-34-18-22(32)16-30(13-15-33-3)17-23-19(2)29-31(21-11-9-20(27)10-12-21)26(23)35-25-8-6-5-7-24(25)28/h1,5-12,22,32H,13-18H2,2-3H3. The van der Waals surface area contributed by atoms with Gasteiger partial charge < -0.3 is 19.3 Å². The molecule has 1 aromatic heterocycles. The molecule has 9 heteroatoms. The molecule has 0 spiro atoms. The minimum absolute atomic E-state index is 0.0307. The topological polar surface area (TPSA) is 69.0 Å². The van der Waals surface area contributed by atoms with Crippen LogP contribution in [0.1, 0.15) is 11.3 Å². The molecule has 2 aromatic carbocycles. The van der Waals surface area contributed by atoms with E-state index in [2.05, 4.69) is 11.0 Å². The normalized spacial score (nSPS) is 12.0. The summed E-state index contributed by atoms with van der Waals surface area (Å²) in [7, 11) is 1.59. The van der Waals surface area contributed by atoms with Crippen LogP contribution in [-0.2, 0) is 16.0 Å². The fraction of sp³-hybridized carbons (Fsp3) is 0.346. The first-order valence-electron chi connectivity index (χ1n) is 11.1. The fourth-order valence-electron chi connectivity index (χ4n) is 3.50. The summed E-state index contributed by atoms with van der Waals surface area (Å²) in [5.41, 5.74) is 1.88. The van der Waals surface area contributed by atoms with Crippen molar-refractivity contribution in [2.24, 2.45) is 0 Å². The van der Waals surface area contributed by atoms with Crippen molar-refractivity contribution in [3.8, 4) is 29.7 Å². The van der Waals surface area contributed by atoms with Gasteiger partial charge in [0.05, 0.1) is 36.3 Å². The van der Waals surface area contributed by atoms with E-state index in [0.717, 1.165) is 0 Å². The van der Waals surface area contributed by atoms with Crippen molar-refractivity contribution in [2.75, 3.05) is 40.0 Å². The lowest BCUT2D eigenvalue weighted by Gasteiger charge is -2.25. The Balaban J connectivity index is 1.95. The van der Waals surface area contributed by atoms with E-state index in [0.29, 0.717) is 42.5 Å². The van der Waals surface area contributed by atoms with Gasteiger partial charge >= 0.3 is 0 Å². The van der Waals surface area contributed by atoms with Gasteiger partial charge in [-0.25, -0.2) is 13.5 Å². The molecule has 1 heterocycles. The molecule has 0 aliphatic heterocycles. The predicted molar refractivity (Wildman–Crippen MR) is 128 cm³/mol. The Morgan fingerprint density at radius 2 is 1.91 bits per heavy atom. The Morgan fingerprint density at radius 1 is 1.17 bits per heavy atom. The van der Waals surface area contributed by atoms with Crippen molar-refractivity contribution in [2.45, 2.75) is 19.6 Å². The summed E-state index contributed by atoms with van der Waals surface area (Å²) in [4.78, 5) is 1.96. The summed E-state index contributed by atoms with van der Waals surface area (Å²) in [6, 6.07) is 11.8. The number of aliphatic hydroxyl groups excluding tert-OH is 1. The van der Waals surface area contributed by atoms with E-state index in [1.165, 1.54) is 28.9 Å². The number of aromatic nitrogens is 2. The van der Waals surface area contributed by atoms with E-state index in [-0.39, 0.29) is 31.3 Å². The fourth-order valence-corrected chi connectivity index (χ4v) is 3.50. The summed E-state index contributed by atoms with van der Waals surface area (Å²) < 4.78 is 46.0. The highest BCUT2D eigenvalue weighted by molar-refractivity contribution is 5.43. The maximum Gasteiger partial charge on any atom is 0.227 e. The number of hydrogen-bond donors (Lipinski definition) is 1. The maximum absolute atomic E-state index is 14.5. The Labute approximate surface area is 203 Å². The Hall–Kier alpha value is -3.29. The zero-order valence-corrected chi connectivity index (χ0v) is 19.8. The van der Waals surface area contributed by atoms with Crippen molar-refractivity contribution < 1.29 is 28.1 Å². The third-order valence-corrected chi connectivity index (χ3v) is 5.21. The van der Waals surface area contributed by atoms with Crippen molar-refractivity contribution in [3.05, 3.63) is 71.4 Å². The molecule has 1 atom stereocenters. The molecule has 0 amide bonds. The van der Waals surface area contributed by atoms with Gasteiger partial charge in [0.1, 0.15) is 12.4 Å². The summed E-state index contributed by atoms with van der Waals surface area (Å²) in [6.07, 6.45) is 4.41. The van der Waals surface area contributed by atoms with Gasteiger partial charge in [0, 0.05) is 26.7 Å². The van der Waals surface area contributed by atoms with E-state index in [9.17, 15) is 13.9 Å². The smallest absolute Gasteiger partial charge is 0.227 e.